The van der Waals surface area contributed by atoms with Crippen molar-refractivity contribution in [3.05, 3.63) is 16.4 Å². The fourth-order valence-electron chi connectivity index (χ4n) is 2.17. The van der Waals surface area contributed by atoms with Gasteiger partial charge in [0.05, 0.1) is 16.8 Å². The SMILES string of the molecule is Cn1ncc(Br)c1C(=O)CCC1CCCCO1. The highest BCUT2D eigenvalue weighted by Gasteiger charge is 2.19. The van der Waals surface area contributed by atoms with E-state index in [4.69, 9.17) is 4.74 Å². The van der Waals surface area contributed by atoms with Gasteiger partial charge in [-0.1, -0.05) is 0 Å². The van der Waals surface area contributed by atoms with Crippen LogP contribution in [-0.4, -0.2) is 28.3 Å². The molecule has 0 radical (unpaired) electrons. The second-order valence-corrected chi connectivity index (χ2v) is 5.27. The Morgan fingerprint density at radius 1 is 1.65 bits per heavy atom. The second-order valence-electron chi connectivity index (χ2n) is 4.42. The second kappa shape index (κ2) is 5.78. The summed E-state index contributed by atoms with van der Waals surface area (Å²) in [5.74, 6) is 0.131. The van der Waals surface area contributed by atoms with Crippen molar-refractivity contribution in [2.45, 2.75) is 38.2 Å². The summed E-state index contributed by atoms with van der Waals surface area (Å²) in [7, 11) is 1.79. The van der Waals surface area contributed by atoms with Gasteiger partial charge in [0.25, 0.3) is 0 Å². The number of hydrogen-bond acceptors (Lipinski definition) is 3. The molecule has 0 saturated carbocycles. The van der Waals surface area contributed by atoms with Gasteiger partial charge in [0.15, 0.2) is 5.78 Å². The van der Waals surface area contributed by atoms with Crippen molar-refractivity contribution in [2.75, 3.05) is 6.61 Å². The van der Waals surface area contributed by atoms with Gasteiger partial charge in [-0.25, -0.2) is 0 Å². The molecule has 1 atom stereocenters. The molecule has 2 rings (SSSR count). The van der Waals surface area contributed by atoms with Crippen molar-refractivity contribution in [3.8, 4) is 0 Å². The van der Waals surface area contributed by atoms with E-state index in [-0.39, 0.29) is 11.9 Å². The highest BCUT2D eigenvalue weighted by Crippen LogP contribution is 2.21. The maximum atomic E-state index is 12.0. The molecule has 1 unspecified atom stereocenters. The molecule has 2 heterocycles. The molecule has 0 aromatic carbocycles. The van der Waals surface area contributed by atoms with Crippen molar-refractivity contribution >= 4 is 21.7 Å². The van der Waals surface area contributed by atoms with E-state index in [1.807, 2.05) is 0 Å². The Bertz CT molecular complexity index is 378. The van der Waals surface area contributed by atoms with E-state index in [1.54, 1.807) is 17.9 Å². The van der Waals surface area contributed by atoms with Crippen LogP contribution in [0.2, 0.25) is 0 Å². The van der Waals surface area contributed by atoms with Crippen molar-refractivity contribution in [1.29, 1.82) is 0 Å². The number of aryl methyl sites for hydroxylation is 1. The van der Waals surface area contributed by atoms with Gasteiger partial charge < -0.3 is 4.74 Å². The Hall–Kier alpha value is -0.680. The van der Waals surface area contributed by atoms with Crippen LogP contribution in [0.1, 0.15) is 42.6 Å². The topological polar surface area (TPSA) is 44.1 Å². The first-order valence-corrected chi connectivity index (χ1v) is 6.80. The van der Waals surface area contributed by atoms with E-state index < -0.39 is 0 Å². The van der Waals surface area contributed by atoms with Crippen molar-refractivity contribution in [2.24, 2.45) is 7.05 Å². The number of carbonyl (C=O) groups excluding carboxylic acids is 1. The molecule has 1 aliphatic rings. The monoisotopic (exact) mass is 300 g/mol. The lowest BCUT2D eigenvalue weighted by molar-refractivity contribution is 0.0104. The van der Waals surface area contributed by atoms with Crippen LogP contribution >= 0.6 is 15.9 Å². The molecule has 1 aliphatic heterocycles. The average molecular weight is 301 g/mol. The van der Waals surface area contributed by atoms with Crippen molar-refractivity contribution < 1.29 is 9.53 Å². The first-order valence-electron chi connectivity index (χ1n) is 6.01. The summed E-state index contributed by atoms with van der Waals surface area (Å²) in [6.45, 7) is 0.842. The number of nitrogens with zero attached hydrogens (tertiary/aromatic N) is 2. The smallest absolute Gasteiger partial charge is 0.182 e. The summed E-state index contributed by atoms with van der Waals surface area (Å²) in [6, 6.07) is 0. The molecule has 5 heteroatoms. The van der Waals surface area contributed by atoms with Gasteiger partial charge in [-0.15, -0.1) is 0 Å². The van der Waals surface area contributed by atoms with Gasteiger partial charge in [-0.05, 0) is 41.6 Å². The molecule has 0 amide bonds. The molecule has 17 heavy (non-hydrogen) atoms. The first kappa shape index (κ1) is 12.8. The van der Waals surface area contributed by atoms with Crippen molar-refractivity contribution in [3.63, 3.8) is 0 Å². The van der Waals surface area contributed by atoms with Gasteiger partial charge >= 0.3 is 0 Å². The molecular weight excluding hydrogens is 284 g/mol. The summed E-state index contributed by atoms with van der Waals surface area (Å²) in [5.41, 5.74) is 0.654. The Kier molecular flexibility index (Phi) is 4.34. The Morgan fingerprint density at radius 2 is 2.47 bits per heavy atom. The molecule has 1 fully saturated rings. The molecule has 1 aromatic heterocycles. The first-order chi connectivity index (χ1) is 8.18. The molecule has 0 bridgehead atoms. The fourth-order valence-corrected chi connectivity index (χ4v) is 2.74. The van der Waals surface area contributed by atoms with Gasteiger partial charge in [0.1, 0.15) is 5.69 Å². The van der Waals surface area contributed by atoms with Crippen LogP contribution in [0.4, 0.5) is 0 Å². The summed E-state index contributed by atoms with van der Waals surface area (Å²) in [6.07, 6.45) is 6.72. The highest BCUT2D eigenvalue weighted by molar-refractivity contribution is 9.10. The lowest BCUT2D eigenvalue weighted by Crippen LogP contribution is -2.20. The molecule has 0 spiro atoms. The fraction of sp³-hybridized carbons (Fsp3) is 0.667. The predicted molar refractivity (Wildman–Crippen MR) is 68.1 cm³/mol. The molecule has 0 N–H and O–H groups in total. The quantitative estimate of drug-likeness (QED) is 0.803. The lowest BCUT2D eigenvalue weighted by atomic mass is 10.0. The lowest BCUT2D eigenvalue weighted by Gasteiger charge is -2.22. The van der Waals surface area contributed by atoms with E-state index in [9.17, 15) is 4.79 Å². The van der Waals surface area contributed by atoms with E-state index in [2.05, 4.69) is 21.0 Å². The summed E-state index contributed by atoms with van der Waals surface area (Å²) in [5, 5.41) is 4.05. The molecule has 1 saturated heterocycles. The maximum Gasteiger partial charge on any atom is 0.182 e. The Labute approximate surface area is 109 Å². The number of ether oxygens (including phenoxy) is 1. The van der Waals surface area contributed by atoms with E-state index in [1.165, 1.54) is 6.42 Å². The number of carbonyl (C=O) groups is 1. The standard InChI is InChI=1S/C12H17BrN2O2/c1-15-12(10(13)8-14-15)11(16)6-5-9-4-2-3-7-17-9/h8-9H,2-7H2,1H3. The maximum absolute atomic E-state index is 12.0. The van der Waals surface area contributed by atoms with Crippen LogP contribution in [0.3, 0.4) is 0 Å². The van der Waals surface area contributed by atoms with Gasteiger partial charge in [-0.2, -0.15) is 5.10 Å². The minimum atomic E-state index is 0.131. The third-order valence-electron chi connectivity index (χ3n) is 3.13. The molecule has 1 aromatic rings. The molecule has 94 valence electrons. The zero-order valence-corrected chi connectivity index (χ0v) is 11.6. The Balaban J connectivity index is 1.89. The minimum Gasteiger partial charge on any atom is -0.378 e. The van der Waals surface area contributed by atoms with Gasteiger partial charge in [0.2, 0.25) is 0 Å². The molecular formula is C12H17BrN2O2. The van der Waals surface area contributed by atoms with Crippen LogP contribution in [0.25, 0.3) is 0 Å². The van der Waals surface area contributed by atoms with E-state index in [0.29, 0.717) is 12.1 Å². The zero-order chi connectivity index (χ0) is 12.3. The summed E-state index contributed by atoms with van der Waals surface area (Å²) >= 11 is 3.35. The number of ketones is 1. The molecule has 0 aliphatic carbocycles. The summed E-state index contributed by atoms with van der Waals surface area (Å²) in [4.78, 5) is 12.0. The van der Waals surface area contributed by atoms with E-state index >= 15 is 0 Å². The number of Topliss-reactive ketones (excluding diaryl/α,β-unsaturated/α-hetero) is 1. The predicted octanol–water partition coefficient (Wildman–Crippen LogP) is 2.71. The van der Waals surface area contributed by atoms with Gasteiger partial charge in [-0.3, -0.25) is 9.48 Å². The van der Waals surface area contributed by atoms with E-state index in [0.717, 1.165) is 30.3 Å². The normalized spacial score (nSPS) is 20.5. The third kappa shape index (κ3) is 3.16. The average Bonchev–Trinajstić information content (AvgIpc) is 2.67. The Morgan fingerprint density at radius 3 is 3.06 bits per heavy atom. The number of hydrogen-bond donors (Lipinski definition) is 0. The largest absolute Gasteiger partial charge is 0.378 e. The van der Waals surface area contributed by atoms with Gasteiger partial charge in [0, 0.05) is 20.1 Å². The number of aromatic nitrogens is 2. The zero-order valence-electron chi connectivity index (χ0n) is 9.99. The third-order valence-corrected chi connectivity index (χ3v) is 3.71. The van der Waals surface area contributed by atoms with Crippen LogP contribution < -0.4 is 0 Å². The van der Waals surface area contributed by atoms with Crippen LogP contribution in [0, 0.1) is 0 Å². The number of rotatable bonds is 4. The van der Waals surface area contributed by atoms with Crippen LogP contribution in [-0.2, 0) is 11.8 Å². The number of halogens is 1. The van der Waals surface area contributed by atoms with Crippen LogP contribution in [0.15, 0.2) is 10.7 Å². The van der Waals surface area contributed by atoms with Crippen molar-refractivity contribution in [1.82, 2.24) is 9.78 Å². The summed E-state index contributed by atoms with van der Waals surface area (Å²) < 4.78 is 8.01. The van der Waals surface area contributed by atoms with Crippen LogP contribution in [0.5, 0.6) is 0 Å². The molecule has 4 nitrogen and oxygen atoms in total. The highest BCUT2D eigenvalue weighted by atomic mass is 79.9. The minimum absolute atomic E-state index is 0.131.